The van der Waals surface area contributed by atoms with E-state index in [1.54, 1.807) is 0 Å². The van der Waals surface area contributed by atoms with E-state index in [1.807, 2.05) is 11.8 Å². The molecule has 1 N–H and O–H groups in total. The average molecular weight is 216 g/mol. The zero-order valence-electron chi connectivity index (χ0n) is 8.53. The molecule has 76 valence electrons. The molecule has 0 aliphatic carbocycles. The minimum Gasteiger partial charge on any atom is -0.360 e. The Bertz CT molecular complexity index is 527. The molecule has 0 saturated heterocycles. The molecule has 1 aliphatic rings. The first-order chi connectivity index (χ1) is 7.34. The maximum atomic E-state index is 4.64. The Morgan fingerprint density at radius 3 is 3.07 bits per heavy atom. The van der Waals surface area contributed by atoms with Crippen molar-refractivity contribution in [3.63, 3.8) is 0 Å². The normalized spacial score (nSPS) is 20.9. The summed E-state index contributed by atoms with van der Waals surface area (Å²) in [7, 11) is 0. The summed E-state index contributed by atoms with van der Waals surface area (Å²) in [5.41, 5.74) is 2.44. The summed E-state index contributed by atoms with van der Waals surface area (Å²) in [4.78, 5) is 7.93. The largest absolute Gasteiger partial charge is 0.360 e. The Balaban J connectivity index is 2.15. The van der Waals surface area contributed by atoms with Gasteiger partial charge in [0.1, 0.15) is 5.04 Å². The van der Waals surface area contributed by atoms with Crippen LogP contribution in [0.2, 0.25) is 0 Å². The number of aromatic nitrogens is 1. The average Bonchev–Trinajstić information content (AvgIpc) is 2.83. The highest BCUT2D eigenvalue weighted by Crippen LogP contribution is 2.27. The molecule has 1 aromatic heterocycles. The van der Waals surface area contributed by atoms with Crippen molar-refractivity contribution in [3.05, 3.63) is 36.0 Å². The fourth-order valence-corrected chi connectivity index (χ4v) is 2.92. The lowest BCUT2D eigenvalue weighted by Gasteiger charge is -1.96. The molecule has 0 fully saturated rings. The molecule has 2 nitrogen and oxygen atoms in total. The number of aliphatic imine (C=N–C) groups is 1. The summed E-state index contributed by atoms with van der Waals surface area (Å²) in [5.74, 6) is 1.11. The fourth-order valence-electron chi connectivity index (χ4n) is 1.87. The van der Waals surface area contributed by atoms with Crippen molar-refractivity contribution >= 4 is 27.7 Å². The minimum absolute atomic E-state index is 0.457. The third-order valence-corrected chi connectivity index (χ3v) is 3.87. The van der Waals surface area contributed by atoms with Gasteiger partial charge >= 0.3 is 0 Å². The van der Waals surface area contributed by atoms with E-state index in [-0.39, 0.29) is 0 Å². The first-order valence-electron chi connectivity index (χ1n) is 5.11. The number of hydrogen-bond acceptors (Lipinski definition) is 2. The first kappa shape index (κ1) is 9.04. The molecule has 1 aromatic carbocycles. The number of rotatable bonds is 1. The molecule has 3 rings (SSSR count). The van der Waals surface area contributed by atoms with Crippen LogP contribution in [0, 0.1) is 0 Å². The van der Waals surface area contributed by atoms with Crippen LogP contribution in [0.1, 0.15) is 12.5 Å². The Morgan fingerprint density at radius 1 is 1.40 bits per heavy atom. The van der Waals surface area contributed by atoms with Crippen LogP contribution < -0.4 is 0 Å². The van der Waals surface area contributed by atoms with Gasteiger partial charge in [-0.2, -0.15) is 0 Å². The van der Waals surface area contributed by atoms with E-state index in [0.717, 1.165) is 5.75 Å². The molecule has 2 aromatic rings. The van der Waals surface area contributed by atoms with Gasteiger partial charge in [-0.05, 0) is 13.0 Å². The lowest BCUT2D eigenvalue weighted by Crippen LogP contribution is -1.93. The van der Waals surface area contributed by atoms with Crippen molar-refractivity contribution in [2.75, 3.05) is 5.75 Å². The number of para-hydroxylation sites is 1. The van der Waals surface area contributed by atoms with Gasteiger partial charge in [0.2, 0.25) is 0 Å². The lowest BCUT2D eigenvalue weighted by atomic mass is 10.2. The van der Waals surface area contributed by atoms with Gasteiger partial charge in [0.05, 0.1) is 6.04 Å². The number of hydrogen-bond donors (Lipinski definition) is 1. The molecule has 3 heteroatoms. The SMILES string of the molecule is CC1CSC(c2c[nH]c3ccccc23)=N1. The second-order valence-corrected chi connectivity index (χ2v) is 4.85. The molecule has 2 heterocycles. The topological polar surface area (TPSA) is 28.1 Å². The van der Waals surface area contributed by atoms with E-state index in [9.17, 15) is 0 Å². The first-order valence-corrected chi connectivity index (χ1v) is 6.10. The number of H-pyrrole nitrogens is 1. The molecule has 0 amide bonds. The van der Waals surface area contributed by atoms with Crippen LogP contribution in [0.5, 0.6) is 0 Å². The molecule has 0 spiro atoms. The third-order valence-electron chi connectivity index (χ3n) is 2.62. The second kappa shape index (κ2) is 3.42. The number of nitrogens with one attached hydrogen (secondary N) is 1. The van der Waals surface area contributed by atoms with Crippen LogP contribution in [-0.2, 0) is 0 Å². The molecule has 1 unspecified atom stereocenters. The van der Waals surface area contributed by atoms with Crippen LogP contribution >= 0.6 is 11.8 Å². The molecular formula is C12H12N2S. The van der Waals surface area contributed by atoms with Crippen molar-refractivity contribution in [1.82, 2.24) is 4.98 Å². The van der Waals surface area contributed by atoms with Gasteiger partial charge in [-0.25, -0.2) is 0 Å². The number of fused-ring (bicyclic) bond motifs is 1. The number of benzene rings is 1. The quantitative estimate of drug-likeness (QED) is 0.779. The van der Waals surface area contributed by atoms with Crippen LogP contribution in [0.3, 0.4) is 0 Å². The Hall–Kier alpha value is -1.22. The van der Waals surface area contributed by atoms with Gasteiger partial charge in [-0.1, -0.05) is 18.2 Å². The maximum absolute atomic E-state index is 4.64. The monoisotopic (exact) mass is 216 g/mol. The van der Waals surface area contributed by atoms with E-state index in [2.05, 4.69) is 47.4 Å². The zero-order chi connectivity index (χ0) is 10.3. The molecule has 1 atom stereocenters. The summed E-state index contributed by atoms with van der Waals surface area (Å²) >= 11 is 1.85. The molecule has 0 saturated carbocycles. The Labute approximate surface area is 92.8 Å². The third kappa shape index (κ3) is 1.47. The number of thioether (sulfide) groups is 1. The van der Waals surface area contributed by atoms with Crippen LogP contribution in [0.4, 0.5) is 0 Å². The summed E-state index contributed by atoms with van der Waals surface area (Å²) in [6, 6.07) is 8.83. The van der Waals surface area contributed by atoms with Crippen molar-refractivity contribution in [2.24, 2.45) is 4.99 Å². The van der Waals surface area contributed by atoms with Crippen LogP contribution in [0.25, 0.3) is 10.9 Å². The van der Waals surface area contributed by atoms with E-state index in [1.165, 1.54) is 21.5 Å². The fraction of sp³-hybridized carbons (Fsp3) is 0.250. The standard InChI is InChI=1S/C12H12N2S/c1-8-7-15-12(14-8)10-6-13-11-5-3-2-4-9(10)11/h2-6,8,13H,7H2,1H3. The number of aromatic amines is 1. The van der Waals surface area contributed by atoms with Crippen molar-refractivity contribution in [1.29, 1.82) is 0 Å². The van der Waals surface area contributed by atoms with E-state index >= 15 is 0 Å². The second-order valence-electron chi connectivity index (χ2n) is 3.84. The van der Waals surface area contributed by atoms with Crippen molar-refractivity contribution < 1.29 is 0 Å². The van der Waals surface area contributed by atoms with Gasteiger partial charge in [-0.15, -0.1) is 11.8 Å². The summed E-state index contributed by atoms with van der Waals surface area (Å²) in [6.45, 7) is 2.16. The van der Waals surface area contributed by atoms with E-state index in [0.29, 0.717) is 6.04 Å². The molecule has 0 radical (unpaired) electrons. The highest BCUT2D eigenvalue weighted by atomic mass is 32.2. The molecular weight excluding hydrogens is 204 g/mol. The van der Waals surface area contributed by atoms with Crippen molar-refractivity contribution in [2.45, 2.75) is 13.0 Å². The summed E-state index contributed by atoms with van der Waals surface area (Å²) < 4.78 is 0. The predicted molar refractivity (Wildman–Crippen MR) is 66.8 cm³/mol. The number of nitrogens with zero attached hydrogens (tertiary/aromatic N) is 1. The van der Waals surface area contributed by atoms with Crippen LogP contribution in [-0.4, -0.2) is 21.8 Å². The van der Waals surface area contributed by atoms with Gasteiger partial charge in [0.15, 0.2) is 0 Å². The Kier molecular flexibility index (Phi) is 2.06. The molecule has 1 aliphatic heterocycles. The van der Waals surface area contributed by atoms with Gasteiger partial charge < -0.3 is 4.98 Å². The van der Waals surface area contributed by atoms with Crippen molar-refractivity contribution in [3.8, 4) is 0 Å². The maximum Gasteiger partial charge on any atom is 0.100 e. The summed E-state index contributed by atoms with van der Waals surface area (Å²) in [6.07, 6.45) is 2.06. The van der Waals surface area contributed by atoms with Gasteiger partial charge in [0.25, 0.3) is 0 Å². The minimum atomic E-state index is 0.457. The highest BCUT2D eigenvalue weighted by molar-refractivity contribution is 8.14. The highest BCUT2D eigenvalue weighted by Gasteiger charge is 2.17. The lowest BCUT2D eigenvalue weighted by molar-refractivity contribution is 0.865. The predicted octanol–water partition coefficient (Wildman–Crippen LogP) is 3.05. The van der Waals surface area contributed by atoms with E-state index in [4.69, 9.17) is 0 Å². The Morgan fingerprint density at radius 2 is 2.27 bits per heavy atom. The van der Waals surface area contributed by atoms with E-state index < -0.39 is 0 Å². The van der Waals surface area contributed by atoms with Gasteiger partial charge in [-0.3, -0.25) is 4.99 Å². The van der Waals surface area contributed by atoms with Gasteiger partial charge in [0, 0.05) is 28.4 Å². The molecule has 0 bridgehead atoms. The zero-order valence-corrected chi connectivity index (χ0v) is 9.34. The van der Waals surface area contributed by atoms with Crippen LogP contribution in [0.15, 0.2) is 35.5 Å². The summed E-state index contributed by atoms with van der Waals surface area (Å²) in [5, 5.41) is 2.46. The smallest absolute Gasteiger partial charge is 0.100 e. The molecule has 15 heavy (non-hydrogen) atoms.